The Labute approximate surface area is 113 Å². The van der Waals surface area contributed by atoms with Gasteiger partial charge in [-0.3, -0.25) is 0 Å². The van der Waals surface area contributed by atoms with Crippen LogP contribution in [0.5, 0.6) is 0 Å². The summed E-state index contributed by atoms with van der Waals surface area (Å²) in [4.78, 5) is 11.0. The Bertz CT molecular complexity index is 583. The summed E-state index contributed by atoms with van der Waals surface area (Å²) in [7, 11) is 0. The first kappa shape index (κ1) is 13.3. The number of benzene rings is 2. The second-order valence-corrected chi connectivity index (χ2v) is 4.79. The van der Waals surface area contributed by atoms with Gasteiger partial charge >= 0.3 is 5.97 Å². The molecule has 0 heterocycles. The highest BCUT2D eigenvalue weighted by Gasteiger charge is 2.06. The summed E-state index contributed by atoms with van der Waals surface area (Å²) in [6.45, 7) is 4.15. The largest absolute Gasteiger partial charge is 0.478 e. The molecule has 0 aromatic heterocycles. The molecule has 2 aromatic rings. The predicted molar refractivity (Wildman–Crippen MR) is 76.8 cm³/mol. The van der Waals surface area contributed by atoms with Crippen LogP contribution in [0.3, 0.4) is 0 Å². The fourth-order valence-electron chi connectivity index (χ4n) is 2.11. The van der Waals surface area contributed by atoms with Crippen LogP contribution in [0.25, 0.3) is 0 Å². The zero-order valence-electron chi connectivity index (χ0n) is 11.3. The maximum absolute atomic E-state index is 11.0. The molecule has 0 fully saturated rings. The van der Waals surface area contributed by atoms with Crippen LogP contribution in [0.4, 0.5) is 0 Å². The molecule has 0 atom stereocenters. The molecule has 2 aromatic carbocycles. The van der Waals surface area contributed by atoms with Gasteiger partial charge in [0.05, 0.1) is 5.56 Å². The van der Waals surface area contributed by atoms with E-state index in [0.29, 0.717) is 5.56 Å². The fourth-order valence-corrected chi connectivity index (χ4v) is 2.11. The Kier molecular flexibility index (Phi) is 4.00. The Morgan fingerprint density at radius 1 is 1.05 bits per heavy atom. The molecule has 98 valence electrons. The number of hydrogen-bond donors (Lipinski definition) is 1. The topological polar surface area (TPSA) is 37.3 Å². The molecular formula is C17H18O2. The Hall–Kier alpha value is -2.09. The number of carboxylic acids is 1. The Morgan fingerprint density at radius 2 is 1.68 bits per heavy atom. The van der Waals surface area contributed by atoms with Crippen LogP contribution in [0.1, 0.15) is 39.5 Å². The number of carboxylic acid groups (broad SMARTS) is 1. The van der Waals surface area contributed by atoms with E-state index in [1.807, 2.05) is 13.0 Å². The minimum Gasteiger partial charge on any atom is -0.478 e. The van der Waals surface area contributed by atoms with Crippen LogP contribution in [0, 0.1) is 6.92 Å². The molecule has 0 saturated heterocycles. The number of carbonyl (C=O) groups is 1. The lowest BCUT2D eigenvalue weighted by molar-refractivity contribution is 0.0697. The van der Waals surface area contributed by atoms with Crippen molar-refractivity contribution >= 4 is 5.97 Å². The van der Waals surface area contributed by atoms with Crippen molar-refractivity contribution in [1.29, 1.82) is 0 Å². The lowest BCUT2D eigenvalue weighted by Gasteiger charge is -2.08. The third-order valence-corrected chi connectivity index (χ3v) is 3.42. The van der Waals surface area contributed by atoms with Gasteiger partial charge in [0.15, 0.2) is 0 Å². The molecule has 2 heteroatoms. The number of aryl methyl sites for hydroxylation is 2. The fraction of sp³-hybridized carbons (Fsp3) is 0.235. The number of aromatic carboxylic acids is 1. The maximum atomic E-state index is 11.0. The molecule has 0 amide bonds. The van der Waals surface area contributed by atoms with Crippen molar-refractivity contribution in [2.45, 2.75) is 26.7 Å². The average molecular weight is 254 g/mol. The van der Waals surface area contributed by atoms with Gasteiger partial charge in [0.1, 0.15) is 0 Å². The smallest absolute Gasteiger partial charge is 0.335 e. The zero-order valence-corrected chi connectivity index (χ0v) is 11.3. The van der Waals surface area contributed by atoms with E-state index in [1.54, 1.807) is 12.1 Å². The van der Waals surface area contributed by atoms with Crippen molar-refractivity contribution in [3.63, 3.8) is 0 Å². The van der Waals surface area contributed by atoms with E-state index in [-0.39, 0.29) is 0 Å². The molecule has 0 radical (unpaired) electrons. The number of hydrogen-bond acceptors (Lipinski definition) is 1. The SMILES string of the molecule is CCc1ccc(Cc2cc(C(=O)O)ccc2C)cc1. The molecule has 0 unspecified atom stereocenters. The Morgan fingerprint density at radius 3 is 2.26 bits per heavy atom. The van der Waals surface area contributed by atoms with Gasteiger partial charge in [-0.05, 0) is 54.2 Å². The van der Waals surface area contributed by atoms with Crippen molar-refractivity contribution in [1.82, 2.24) is 0 Å². The van der Waals surface area contributed by atoms with Gasteiger partial charge in [0.25, 0.3) is 0 Å². The van der Waals surface area contributed by atoms with Crippen LogP contribution in [-0.2, 0) is 12.8 Å². The highest BCUT2D eigenvalue weighted by atomic mass is 16.4. The van der Waals surface area contributed by atoms with Crippen molar-refractivity contribution in [3.8, 4) is 0 Å². The molecular weight excluding hydrogens is 236 g/mol. The van der Waals surface area contributed by atoms with Crippen LogP contribution in [-0.4, -0.2) is 11.1 Å². The first-order chi connectivity index (χ1) is 9.10. The minimum atomic E-state index is -0.873. The molecule has 0 saturated carbocycles. The molecule has 0 aliphatic heterocycles. The molecule has 19 heavy (non-hydrogen) atoms. The average Bonchev–Trinajstić information content (AvgIpc) is 2.42. The second-order valence-electron chi connectivity index (χ2n) is 4.79. The Balaban J connectivity index is 2.26. The molecule has 0 spiro atoms. The first-order valence-corrected chi connectivity index (χ1v) is 6.50. The summed E-state index contributed by atoms with van der Waals surface area (Å²) >= 11 is 0. The van der Waals surface area contributed by atoms with Gasteiger partial charge in [-0.1, -0.05) is 37.3 Å². The predicted octanol–water partition coefficient (Wildman–Crippen LogP) is 3.85. The second kappa shape index (κ2) is 5.70. The molecule has 0 aliphatic carbocycles. The summed E-state index contributed by atoms with van der Waals surface area (Å²) in [5, 5.41) is 9.03. The first-order valence-electron chi connectivity index (χ1n) is 6.50. The van der Waals surface area contributed by atoms with Gasteiger partial charge in [-0.15, -0.1) is 0 Å². The monoisotopic (exact) mass is 254 g/mol. The highest BCUT2D eigenvalue weighted by molar-refractivity contribution is 5.87. The summed E-state index contributed by atoms with van der Waals surface area (Å²) in [5.41, 5.74) is 5.09. The van der Waals surface area contributed by atoms with E-state index in [9.17, 15) is 4.79 Å². The zero-order chi connectivity index (χ0) is 13.8. The van der Waals surface area contributed by atoms with Crippen molar-refractivity contribution in [3.05, 3.63) is 70.3 Å². The third kappa shape index (κ3) is 3.22. The normalized spacial score (nSPS) is 10.4. The van der Waals surface area contributed by atoms with Crippen molar-refractivity contribution in [2.75, 3.05) is 0 Å². The highest BCUT2D eigenvalue weighted by Crippen LogP contribution is 2.17. The van der Waals surface area contributed by atoms with Crippen LogP contribution in [0.15, 0.2) is 42.5 Å². The van der Waals surface area contributed by atoms with Gasteiger partial charge in [0.2, 0.25) is 0 Å². The van der Waals surface area contributed by atoms with Crippen molar-refractivity contribution < 1.29 is 9.90 Å². The van der Waals surface area contributed by atoms with E-state index in [0.717, 1.165) is 24.0 Å². The quantitative estimate of drug-likeness (QED) is 0.899. The summed E-state index contributed by atoms with van der Waals surface area (Å²) in [5.74, 6) is -0.873. The lowest BCUT2D eigenvalue weighted by Crippen LogP contribution is -2.00. The van der Waals surface area contributed by atoms with E-state index in [4.69, 9.17) is 5.11 Å². The molecule has 2 rings (SSSR count). The summed E-state index contributed by atoms with van der Waals surface area (Å²) in [6, 6.07) is 13.8. The van der Waals surface area contributed by atoms with Crippen LogP contribution >= 0.6 is 0 Å². The van der Waals surface area contributed by atoms with Crippen LogP contribution < -0.4 is 0 Å². The summed E-state index contributed by atoms with van der Waals surface area (Å²) in [6.07, 6.45) is 1.81. The van der Waals surface area contributed by atoms with Gasteiger partial charge in [-0.2, -0.15) is 0 Å². The molecule has 2 nitrogen and oxygen atoms in total. The minimum absolute atomic E-state index is 0.353. The van der Waals surface area contributed by atoms with E-state index in [2.05, 4.69) is 31.2 Å². The maximum Gasteiger partial charge on any atom is 0.335 e. The van der Waals surface area contributed by atoms with Gasteiger partial charge in [-0.25, -0.2) is 4.79 Å². The third-order valence-electron chi connectivity index (χ3n) is 3.42. The van der Waals surface area contributed by atoms with E-state index >= 15 is 0 Å². The van der Waals surface area contributed by atoms with Crippen LogP contribution in [0.2, 0.25) is 0 Å². The molecule has 0 aliphatic rings. The van der Waals surface area contributed by atoms with Gasteiger partial charge < -0.3 is 5.11 Å². The lowest BCUT2D eigenvalue weighted by atomic mass is 9.97. The molecule has 0 bridgehead atoms. The van der Waals surface area contributed by atoms with Crippen molar-refractivity contribution in [2.24, 2.45) is 0 Å². The van der Waals surface area contributed by atoms with Gasteiger partial charge in [0, 0.05) is 0 Å². The van der Waals surface area contributed by atoms with E-state index < -0.39 is 5.97 Å². The van der Waals surface area contributed by atoms with E-state index in [1.165, 1.54) is 11.1 Å². The number of rotatable bonds is 4. The standard InChI is InChI=1S/C17H18O2/c1-3-13-5-7-14(8-6-13)10-16-11-15(17(18)19)9-4-12(16)2/h4-9,11H,3,10H2,1-2H3,(H,18,19). The summed E-state index contributed by atoms with van der Waals surface area (Å²) < 4.78 is 0. The molecule has 1 N–H and O–H groups in total.